The number of hydrogen-bond donors (Lipinski definition) is 2. The smallest absolute Gasteiger partial charge is 0.462 e. The Bertz CT molecular complexity index is 1080. The predicted molar refractivity (Wildman–Crippen MR) is 207 cm³/mol. The Balaban J connectivity index is 4.07. The molecular weight excluding hydrogens is 651 g/mol. The van der Waals surface area contributed by atoms with E-state index >= 15 is 0 Å². The maximum Gasteiger partial charge on any atom is 0.469 e. The van der Waals surface area contributed by atoms with Crippen LogP contribution in [-0.4, -0.2) is 41.0 Å². The highest BCUT2D eigenvalue weighted by Gasteiger charge is 2.22. The molecule has 9 heteroatoms. The second kappa shape index (κ2) is 36.0. The highest BCUT2D eigenvalue weighted by Crippen LogP contribution is 2.36. The van der Waals surface area contributed by atoms with Crippen molar-refractivity contribution in [3.05, 3.63) is 85.1 Å². The van der Waals surface area contributed by atoms with Crippen LogP contribution in [0.15, 0.2) is 85.1 Å². The maximum absolute atomic E-state index is 12.4. The molecule has 0 aromatic heterocycles. The normalized spacial score (nSPS) is 13.4. The third kappa shape index (κ3) is 38.0. The van der Waals surface area contributed by atoms with Crippen molar-refractivity contribution < 1.29 is 37.9 Å². The van der Waals surface area contributed by atoms with Crippen LogP contribution in [0.2, 0.25) is 0 Å². The summed E-state index contributed by atoms with van der Waals surface area (Å²) in [6.07, 6.45) is 47.3. The van der Waals surface area contributed by atoms with E-state index in [2.05, 4.69) is 103 Å². The van der Waals surface area contributed by atoms with Gasteiger partial charge in [0.05, 0.1) is 6.61 Å². The fraction of sp³-hybridized carbons (Fsp3) is 0.610. The summed E-state index contributed by atoms with van der Waals surface area (Å²) >= 11 is 0. The molecule has 0 saturated carbocycles. The largest absolute Gasteiger partial charge is 0.469 e. The maximum atomic E-state index is 12.4. The van der Waals surface area contributed by atoms with Crippen molar-refractivity contribution in [2.75, 3.05) is 13.2 Å². The van der Waals surface area contributed by atoms with Crippen molar-refractivity contribution in [3.8, 4) is 0 Å². The minimum atomic E-state index is -4.77. The second-order valence-electron chi connectivity index (χ2n) is 12.1. The Morgan fingerprint density at radius 2 is 0.900 bits per heavy atom. The van der Waals surface area contributed by atoms with E-state index in [4.69, 9.17) is 19.3 Å². The fourth-order valence-electron chi connectivity index (χ4n) is 4.67. The average Bonchev–Trinajstić information content (AvgIpc) is 3.08. The minimum Gasteiger partial charge on any atom is -0.462 e. The molecule has 2 N–H and O–H groups in total. The molecule has 0 bridgehead atoms. The number of hydrogen-bond acceptors (Lipinski definition) is 6. The van der Waals surface area contributed by atoms with Crippen molar-refractivity contribution in [1.82, 2.24) is 0 Å². The van der Waals surface area contributed by atoms with Gasteiger partial charge < -0.3 is 19.3 Å². The highest BCUT2D eigenvalue weighted by molar-refractivity contribution is 7.46. The Morgan fingerprint density at radius 1 is 0.520 bits per heavy atom. The van der Waals surface area contributed by atoms with Gasteiger partial charge in [0.1, 0.15) is 6.61 Å². The third-order valence-corrected chi connectivity index (χ3v) is 7.89. The number of ether oxygens (including phenoxy) is 2. The molecule has 0 fully saturated rings. The molecule has 0 amide bonds. The number of allylic oxidation sites excluding steroid dienone is 14. The van der Waals surface area contributed by atoms with E-state index in [1.54, 1.807) is 0 Å². The van der Waals surface area contributed by atoms with Gasteiger partial charge in [-0.3, -0.25) is 14.1 Å². The lowest BCUT2D eigenvalue weighted by Gasteiger charge is -2.18. The number of unbranched alkanes of at least 4 members (excludes halogenated alkanes) is 9. The van der Waals surface area contributed by atoms with E-state index in [-0.39, 0.29) is 19.4 Å². The van der Waals surface area contributed by atoms with E-state index in [9.17, 15) is 14.2 Å². The second-order valence-corrected chi connectivity index (χ2v) is 13.4. The first-order chi connectivity index (χ1) is 24.3. The van der Waals surface area contributed by atoms with Crippen molar-refractivity contribution in [1.29, 1.82) is 0 Å². The number of phosphoric acid groups is 1. The van der Waals surface area contributed by atoms with Crippen LogP contribution in [0.25, 0.3) is 0 Å². The summed E-state index contributed by atoms with van der Waals surface area (Å²) in [5.41, 5.74) is 0. The van der Waals surface area contributed by atoms with Crippen LogP contribution in [0.5, 0.6) is 0 Å². The summed E-state index contributed by atoms with van der Waals surface area (Å²) in [6, 6.07) is 0. The Kier molecular flexibility index (Phi) is 34.0. The number of carbonyl (C=O) groups excluding carboxylic acids is 2. The van der Waals surface area contributed by atoms with Crippen LogP contribution in [0, 0.1) is 0 Å². The molecule has 0 aliphatic rings. The molecule has 8 nitrogen and oxygen atoms in total. The van der Waals surface area contributed by atoms with Gasteiger partial charge in [-0.15, -0.1) is 0 Å². The van der Waals surface area contributed by atoms with Crippen molar-refractivity contribution in [2.24, 2.45) is 0 Å². The van der Waals surface area contributed by atoms with Gasteiger partial charge in [0, 0.05) is 12.8 Å². The van der Waals surface area contributed by atoms with Crippen LogP contribution >= 0.6 is 7.82 Å². The molecule has 0 aliphatic heterocycles. The van der Waals surface area contributed by atoms with E-state index in [1.165, 1.54) is 0 Å². The summed E-state index contributed by atoms with van der Waals surface area (Å²) < 4.78 is 26.3. The first kappa shape index (κ1) is 47.2. The molecule has 0 saturated heterocycles. The third-order valence-electron chi connectivity index (χ3n) is 7.41. The van der Waals surface area contributed by atoms with Gasteiger partial charge in [0.15, 0.2) is 6.10 Å². The molecule has 0 aromatic rings. The zero-order chi connectivity index (χ0) is 36.8. The molecule has 0 aliphatic carbocycles. The standard InChI is InChI=1S/C41H67O8P/c1-3-5-7-9-11-13-15-17-19-20-22-24-26-28-30-32-34-36-41(43)49-39(38-48-50(44,45)46)37-47-40(42)35-33-31-29-27-25-23-21-18-16-14-12-10-8-6-4-2/h5-8,11-14,17-19,21-22,24,39H,3-4,9-10,15-16,20,23,25-38H2,1-2H3,(H2,44,45,46)/b7-5-,8-6-,13-11-,14-12-,19-17-,21-18-,24-22-. The summed E-state index contributed by atoms with van der Waals surface area (Å²) in [7, 11) is -4.77. The van der Waals surface area contributed by atoms with Crippen molar-refractivity contribution in [3.63, 3.8) is 0 Å². The van der Waals surface area contributed by atoms with Crippen molar-refractivity contribution >= 4 is 19.8 Å². The predicted octanol–water partition coefficient (Wildman–Crippen LogP) is 11.3. The number of carbonyl (C=O) groups is 2. The van der Waals surface area contributed by atoms with Crippen LogP contribution in [0.4, 0.5) is 0 Å². The Labute approximate surface area is 303 Å². The van der Waals surface area contributed by atoms with E-state index in [0.29, 0.717) is 12.8 Å². The molecule has 50 heavy (non-hydrogen) atoms. The average molecular weight is 719 g/mol. The monoisotopic (exact) mass is 718 g/mol. The Morgan fingerprint density at radius 3 is 1.34 bits per heavy atom. The van der Waals surface area contributed by atoms with E-state index in [1.807, 2.05) is 0 Å². The molecule has 1 unspecified atom stereocenters. The molecule has 0 heterocycles. The van der Waals surface area contributed by atoms with Crippen LogP contribution in [0.1, 0.15) is 142 Å². The van der Waals surface area contributed by atoms with Gasteiger partial charge in [-0.05, 0) is 83.5 Å². The quantitative estimate of drug-likeness (QED) is 0.0298. The van der Waals surface area contributed by atoms with Gasteiger partial charge in [-0.2, -0.15) is 0 Å². The lowest BCUT2D eigenvalue weighted by molar-refractivity contribution is -0.161. The molecule has 0 aromatic carbocycles. The van der Waals surface area contributed by atoms with E-state index < -0.39 is 32.5 Å². The topological polar surface area (TPSA) is 119 Å². The first-order valence-electron chi connectivity index (χ1n) is 18.9. The molecule has 0 rings (SSSR count). The summed E-state index contributed by atoms with van der Waals surface area (Å²) in [6.45, 7) is 3.40. The van der Waals surface area contributed by atoms with Gasteiger partial charge in [0.2, 0.25) is 0 Å². The van der Waals surface area contributed by atoms with E-state index in [0.717, 1.165) is 103 Å². The van der Waals surface area contributed by atoms with Crippen molar-refractivity contribution in [2.45, 2.75) is 148 Å². The van der Waals surface area contributed by atoms with Crippen LogP contribution < -0.4 is 0 Å². The fourth-order valence-corrected chi connectivity index (χ4v) is 5.03. The SMILES string of the molecule is CC/C=C\C/C=C\C/C=C\C/C=C\CCCCCCC(=O)OC(COC(=O)CCCCCCC/C=C\C/C=C\C/C=C\CC)COP(=O)(O)O. The summed E-state index contributed by atoms with van der Waals surface area (Å²) in [4.78, 5) is 42.7. The molecule has 1 atom stereocenters. The number of rotatable bonds is 33. The molecular formula is C41H67O8P. The lowest BCUT2D eigenvalue weighted by Crippen LogP contribution is -2.29. The first-order valence-corrected chi connectivity index (χ1v) is 20.4. The van der Waals surface area contributed by atoms with Gasteiger partial charge in [0.25, 0.3) is 0 Å². The molecule has 0 spiro atoms. The number of phosphoric ester groups is 1. The minimum absolute atomic E-state index is 0.175. The van der Waals surface area contributed by atoms with Gasteiger partial charge in [-0.25, -0.2) is 4.57 Å². The van der Waals surface area contributed by atoms with Crippen LogP contribution in [-0.2, 0) is 28.2 Å². The van der Waals surface area contributed by atoms with Crippen LogP contribution in [0.3, 0.4) is 0 Å². The van der Waals surface area contributed by atoms with Gasteiger partial charge in [-0.1, -0.05) is 131 Å². The summed E-state index contributed by atoms with van der Waals surface area (Å²) in [5, 5.41) is 0. The Hall–Kier alpha value is -2.77. The number of esters is 2. The lowest BCUT2D eigenvalue weighted by atomic mass is 10.1. The molecule has 0 radical (unpaired) electrons. The van der Waals surface area contributed by atoms with Gasteiger partial charge >= 0.3 is 19.8 Å². The highest BCUT2D eigenvalue weighted by atomic mass is 31.2. The molecule has 284 valence electrons. The summed E-state index contributed by atoms with van der Waals surface area (Å²) in [5.74, 6) is -0.942. The zero-order valence-electron chi connectivity index (χ0n) is 31.0. The zero-order valence-corrected chi connectivity index (χ0v) is 31.9.